The van der Waals surface area contributed by atoms with Gasteiger partial charge in [0.25, 0.3) is 10.0 Å². The summed E-state index contributed by atoms with van der Waals surface area (Å²) in [4.78, 5) is 13.5. The molecule has 0 fully saturated rings. The van der Waals surface area contributed by atoms with Gasteiger partial charge >= 0.3 is 0 Å². The minimum atomic E-state index is -3.88. The molecule has 0 unspecified atom stereocenters. The number of benzene rings is 3. The molecule has 0 spiro atoms. The number of nitrogens with zero attached hydrogens (tertiary/aromatic N) is 3. The van der Waals surface area contributed by atoms with Crippen molar-refractivity contribution >= 4 is 38.7 Å². The summed E-state index contributed by atoms with van der Waals surface area (Å²) in [5, 5.41) is 8.50. The molecule has 1 aliphatic heterocycles. The van der Waals surface area contributed by atoms with Gasteiger partial charge in [-0.3, -0.25) is 9.52 Å². The summed E-state index contributed by atoms with van der Waals surface area (Å²) < 4.78 is 28.7. The van der Waals surface area contributed by atoms with E-state index in [1.807, 2.05) is 38.1 Å². The minimum absolute atomic E-state index is 0.0603. The molecule has 3 aromatic rings. The summed E-state index contributed by atoms with van der Waals surface area (Å²) in [5.41, 5.74) is 4.89. The van der Waals surface area contributed by atoms with E-state index in [1.54, 1.807) is 37.4 Å². The zero-order valence-electron chi connectivity index (χ0n) is 17.5. The van der Waals surface area contributed by atoms with Crippen LogP contribution in [0.2, 0.25) is 0 Å². The third-order valence-corrected chi connectivity index (χ3v) is 6.51. The SMILES string of the molecule is Cc1ccc(N=Nc2cc(C)ccc2NS(=O)(=O)c2ccc3c(c2)CC(=O)N3C)cc1. The molecule has 7 nitrogen and oxygen atoms in total. The van der Waals surface area contributed by atoms with Crippen molar-refractivity contribution in [1.29, 1.82) is 0 Å². The number of sulfonamides is 1. The normalized spacial score (nSPS) is 13.6. The largest absolute Gasteiger partial charge is 0.315 e. The maximum Gasteiger partial charge on any atom is 0.261 e. The highest BCUT2D eigenvalue weighted by molar-refractivity contribution is 7.92. The lowest BCUT2D eigenvalue weighted by atomic mass is 10.2. The second-order valence-electron chi connectivity index (χ2n) is 7.58. The third kappa shape index (κ3) is 4.34. The summed E-state index contributed by atoms with van der Waals surface area (Å²) >= 11 is 0. The number of azo groups is 1. The van der Waals surface area contributed by atoms with Gasteiger partial charge in [-0.25, -0.2) is 8.42 Å². The second kappa shape index (κ2) is 7.96. The van der Waals surface area contributed by atoms with E-state index >= 15 is 0 Å². The van der Waals surface area contributed by atoms with Crippen LogP contribution in [0.1, 0.15) is 16.7 Å². The zero-order chi connectivity index (χ0) is 22.2. The number of amides is 1. The monoisotopic (exact) mass is 434 g/mol. The molecule has 31 heavy (non-hydrogen) atoms. The van der Waals surface area contributed by atoms with Gasteiger partial charge in [0, 0.05) is 12.7 Å². The van der Waals surface area contributed by atoms with Crippen LogP contribution in [0.5, 0.6) is 0 Å². The van der Waals surface area contributed by atoms with Crippen molar-refractivity contribution < 1.29 is 13.2 Å². The molecule has 0 aliphatic carbocycles. The number of nitrogens with one attached hydrogen (secondary N) is 1. The van der Waals surface area contributed by atoms with E-state index in [0.717, 1.165) is 16.8 Å². The molecule has 0 saturated carbocycles. The molecule has 0 saturated heterocycles. The zero-order valence-corrected chi connectivity index (χ0v) is 18.3. The van der Waals surface area contributed by atoms with Crippen molar-refractivity contribution in [3.05, 3.63) is 77.4 Å². The topological polar surface area (TPSA) is 91.2 Å². The molecular weight excluding hydrogens is 412 g/mol. The first-order valence-corrected chi connectivity index (χ1v) is 11.2. The Bertz CT molecular complexity index is 1300. The molecule has 8 heteroatoms. The average Bonchev–Trinajstić information content (AvgIpc) is 3.02. The summed E-state index contributed by atoms with van der Waals surface area (Å²) in [7, 11) is -2.20. The molecule has 0 aromatic heterocycles. The molecule has 1 heterocycles. The molecule has 1 amide bonds. The molecule has 4 rings (SSSR count). The summed E-state index contributed by atoms with van der Waals surface area (Å²) in [6, 6.07) is 17.5. The van der Waals surface area contributed by atoms with E-state index in [2.05, 4.69) is 15.0 Å². The Kier molecular flexibility index (Phi) is 5.32. The molecule has 0 bridgehead atoms. The Morgan fingerprint density at radius 2 is 1.61 bits per heavy atom. The first-order chi connectivity index (χ1) is 14.7. The Balaban J connectivity index is 1.64. The lowest BCUT2D eigenvalue weighted by Gasteiger charge is -2.13. The van der Waals surface area contributed by atoms with E-state index in [0.29, 0.717) is 22.6 Å². The van der Waals surface area contributed by atoms with Crippen LogP contribution in [0.15, 0.2) is 75.8 Å². The maximum absolute atomic E-state index is 13.0. The number of carbonyl (C=O) groups is 1. The van der Waals surface area contributed by atoms with Crippen molar-refractivity contribution in [3.8, 4) is 0 Å². The Morgan fingerprint density at radius 3 is 2.35 bits per heavy atom. The van der Waals surface area contributed by atoms with E-state index in [4.69, 9.17) is 0 Å². The number of anilines is 2. The Hall–Kier alpha value is -3.52. The quantitative estimate of drug-likeness (QED) is 0.570. The highest BCUT2D eigenvalue weighted by atomic mass is 32.2. The van der Waals surface area contributed by atoms with Gasteiger partial charge in [-0.15, -0.1) is 5.11 Å². The van der Waals surface area contributed by atoms with Gasteiger partial charge < -0.3 is 4.90 Å². The fourth-order valence-corrected chi connectivity index (χ4v) is 4.48. The highest BCUT2D eigenvalue weighted by Gasteiger charge is 2.26. The number of likely N-dealkylation sites (N-methyl/N-ethyl adjacent to an activating group) is 1. The van der Waals surface area contributed by atoms with E-state index < -0.39 is 10.0 Å². The predicted octanol–water partition coefficient (Wildman–Crippen LogP) is 5.04. The lowest BCUT2D eigenvalue weighted by molar-refractivity contribution is -0.117. The van der Waals surface area contributed by atoms with Gasteiger partial charge in [0.15, 0.2) is 0 Å². The fourth-order valence-electron chi connectivity index (χ4n) is 3.35. The summed E-state index contributed by atoms with van der Waals surface area (Å²) in [5.74, 6) is -0.0603. The van der Waals surface area contributed by atoms with Crippen LogP contribution >= 0.6 is 0 Å². The van der Waals surface area contributed by atoms with Crippen LogP contribution in [0.4, 0.5) is 22.7 Å². The van der Waals surface area contributed by atoms with Crippen LogP contribution in [0.25, 0.3) is 0 Å². The van der Waals surface area contributed by atoms with Gasteiger partial charge in [-0.2, -0.15) is 5.11 Å². The van der Waals surface area contributed by atoms with Crippen molar-refractivity contribution in [2.45, 2.75) is 25.2 Å². The van der Waals surface area contributed by atoms with E-state index in [1.165, 1.54) is 11.0 Å². The molecule has 3 aromatic carbocycles. The summed E-state index contributed by atoms with van der Waals surface area (Å²) in [6.45, 7) is 3.89. The predicted molar refractivity (Wildman–Crippen MR) is 121 cm³/mol. The molecule has 0 radical (unpaired) electrons. The van der Waals surface area contributed by atoms with Crippen LogP contribution in [-0.4, -0.2) is 21.4 Å². The highest BCUT2D eigenvalue weighted by Crippen LogP contribution is 2.33. The van der Waals surface area contributed by atoms with Crippen LogP contribution < -0.4 is 9.62 Å². The molecule has 1 N–H and O–H groups in total. The van der Waals surface area contributed by atoms with E-state index in [-0.39, 0.29) is 17.2 Å². The number of hydrogen-bond donors (Lipinski definition) is 1. The number of carbonyl (C=O) groups excluding carboxylic acids is 1. The summed E-state index contributed by atoms with van der Waals surface area (Å²) in [6.07, 6.45) is 0.190. The lowest BCUT2D eigenvalue weighted by Crippen LogP contribution is -2.20. The van der Waals surface area contributed by atoms with Crippen LogP contribution in [-0.2, 0) is 21.2 Å². The second-order valence-corrected chi connectivity index (χ2v) is 9.26. The third-order valence-electron chi connectivity index (χ3n) is 5.14. The molecule has 1 aliphatic rings. The van der Waals surface area contributed by atoms with Crippen molar-refractivity contribution in [2.75, 3.05) is 16.7 Å². The standard InChI is InChI=1S/C23H22N4O3S/c1-15-4-7-18(8-5-15)24-25-21-12-16(2)6-10-20(21)26-31(29,30)19-9-11-22-17(13-19)14-23(28)27(22)3/h4-13,26H,14H2,1-3H3. The first kappa shape index (κ1) is 20.7. The van der Waals surface area contributed by atoms with Crippen molar-refractivity contribution in [3.63, 3.8) is 0 Å². The minimum Gasteiger partial charge on any atom is -0.315 e. The number of rotatable bonds is 5. The average molecular weight is 435 g/mol. The smallest absolute Gasteiger partial charge is 0.261 e. The number of fused-ring (bicyclic) bond motifs is 1. The van der Waals surface area contributed by atoms with Crippen molar-refractivity contribution in [1.82, 2.24) is 0 Å². The van der Waals surface area contributed by atoms with Gasteiger partial charge in [0.05, 0.1) is 22.7 Å². The van der Waals surface area contributed by atoms with Gasteiger partial charge in [-0.05, 0) is 67.4 Å². The van der Waals surface area contributed by atoms with Gasteiger partial charge in [0.2, 0.25) is 5.91 Å². The van der Waals surface area contributed by atoms with Crippen molar-refractivity contribution in [2.24, 2.45) is 10.2 Å². The van der Waals surface area contributed by atoms with Gasteiger partial charge in [0.1, 0.15) is 5.69 Å². The Morgan fingerprint density at radius 1 is 0.903 bits per heavy atom. The number of aryl methyl sites for hydroxylation is 2. The molecule has 0 atom stereocenters. The fraction of sp³-hybridized carbons (Fsp3) is 0.174. The van der Waals surface area contributed by atoms with Gasteiger partial charge in [-0.1, -0.05) is 23.8 Å². The Labute approximate surface area is 181 Å². The van der Waals surface area contributed by atoms with E-state index in [9.17, 15) is 13.2 Å². The maximum atomic E-state index is 13.0. The van der Waals surface area contributed by atoms with Crippen LogP contribution in [0, 0.1) is 13.8 Å². The van der Waals surface area contributed by atoms with Crippen LogP contribution in [0.3, 0.4) is 0 Å². The first-order valence-electron chi connectivity index (χ1n) is 9.74. The molecular formula is C23H22N4O3S. The molecule has 158 valence electrons. The number of hydrogen-bond acceptors (Lipinski definition) is 5.